The summed E-state index contributed by atoms with van der Waals surface area (Å²) in [6, 6.07) is 9.53. The van der Waals surface area contributed by atoms with E-state index in [0.717, 1.165) is 24.8 Å². The van der Waals surface area contributed by atoms with Crippen LogP contribution in [0.1, 0.15) is 49.7 Å². The number of anilines is 1. The van der Waals surface area contributed by atoms with Gasteiger partial charge in [0.15, 0.2) is 17.6 Å². The van der Waals surface area contributed by atoms with Gasteiger partial charge in [-0.25, -0.2) is 4.98 Å². The number of hydrogen-bond acceptors (Lipinski definition) is 8. The number of benzene rings is 1. The fourth-order valence-corrected chi connectivity index (χ4v) is 3.25. The molecular formula is C19H23N7O2S. The molecule has 0 aliphatic carbocycles. The van der Waals surface area contributed by atoms with Gasteiger partial charge in [-0.05, 0) is 23.8 Å². The largest absolute Gasteiger partial charge is 0.387 e. The van der Waals surface area contributed by atoms with Crippen molar-refractivity contribution in [2.75, 3.05) is 5.32 Å². The number of rotatable bonds is 9. The van der Waals surface area contributed by atoms with Gasteiger partial charge in [-0.1, -0.05) is 55.3 Å². The van der Waals surface area contributed by atoms with E-state index < -0.39 is 0 Å². The second kappa shape index (κ2) is 10.4. The molecule has 2 aromatic heterocycles. The van der Waals surface area contributed by atoms with Crippen molar-refractivity contribution >= 4 is 28.2 Å². The normalized spacial score (nSPS) is 11.4. The van der Waals surface area contributed by atoms with Gasteiger partial charge in [-0.15, -0.1) is 16.4 Å². The molecule has 0 atom stereocenters. The Balaban J connectivity index is 1.62. The molecule has 0 unspecified atom stereocenters. The summed E-state index contributed by atoms with van der Waals surface area (Å²) in [5.41, 5.74) is 1.50. The third-order valence-corrected chi connectivity index (χ3v) is 4.83. The summed E-state index contributed by atoms with van der Waals surface area (Å²) in [4.78, 5) is 21.8. The van der Waals surface area contributed by atoms with Crippen LogP contribution in [0.25, 0.3) is 0 Å². The van der Waals surface area contributed by atoms with E-state index in [-0.39, 0.29) is 12.5 Å². The van der Waals surface area contributed by atoms with Crippen LogP contribution in [0.5, 0.6) is 0 Å². The Morgan fingerprint density at radius 3 is 2.83 bits per heavy atom. The molecule has 29 heavy (non-hydrogen) atoms. The Hall–Kier alpha value is -3.14. The van der Waals surface area contributed by atoms with Gasteiger partial charge in [-0.3, -0.25) is 4.79 Å². The molecule has 10 heteroatoms. The van der Waals surface area contributed by atoms with Gasteiger partial charge < -0.3 is 10.2 Å². The molecule has 0 saturated carbocycles. The van der Waals surface area contributed by atoms with E-state index in [4.69, 9.17) is 4.84 Å². The second-order valence-corrected chi connectivity index (χ2v) is 7.20. The first kappa shape index (κ1) is 20.6. The number of nitrogens with one attached hydrogen (secondary N) is 1. The van der Waals surface area contributed by atoms with Crippen molar-refractivity contribution in [2.45, 2.75) is 46.1 Å². The molecule has 0 spiro atoms. The Kier molecular flexibility index (Phi) is 7.40. The third-order valence-electron chi connectivity index (χ3n) is 4.03. The number of oxime groups is 1. The minimum atomic E-state index is -0.0150. The third kappa shape index (κ3) is 5.92. The van der Waals surface area contributed by atoms with Crippen LogP contribution in [0.15, 0.2) is 40.9 Å². The van der Waals surface area contributed by atoms with Crippen molar-refractivity contribution in [3.63, 3.8) is 0 Å². The van der Waals surface area contributed by atoms with Crippen LogP contribution in [-0.2, 0) is 16.2 Å². The van der Waals surface area contributed by atoms with Crippen molar-refractivity contribution in [3.8, 4) is 0 Å². The molecule has 9 nitrogen and oxygen atoms in total. The number of thiazole rings is 1. The first-order valence-corrected chi connectivity index (χ1v) is 10.3. The van der Waals surface area contributed by atoms with Crippen LogP contribution in [0.3, 0.4) is 0 Å². The average Bonchev–Trinajstić information content (AvgIpc) is 3.35. The highest BCUT2D eigenvalue weighted by atomic mass is 32.1. The molecule has 2 heterocycles. The number of tetrazole rings is 1. The topological polar surface area (TPSA) is 107 Å². The summed E-state index contributed by atoms with van der Waals surface area (Å²) in [6.45, 7) is 4.06. The van der Waals surface area contributed by atoms with Gasteiger partial charge in [0.1, 0.15) is 0 Å². The Morgan fingerprint density at radius 1 is 1.28 bits per heavy atom. The smallest absolute Gasteiger partial charge is 0.226 e. The zero-order chi connectivity index (χ0) is 20.5. The molecule has 0 bridgehead atoms. The van der Waals surface area contributed by atoms with Crippen molar-refractivity contribution in [3.05, 3.63) is 52.8 Å². The highest BCUT2D eigenvalue weighted by Gasteiger charge is 2.13. The Morgan fingerprint density at radius 2 is 2.10 bits per heavy atom. The van der Waals surface area contributed by atoms with Crippen LogP contribution in [0.2, 0.25) is 0 Å². The molecule has 3 rings (SSSR count). The minimum Gasteiger partial charge on any atom is -0.387 e. The highest BCUT2D eigenvalue weighted by Crippen LogP contribution is 2.17. The number of carbonyl (C=O) groups is 1. The van der Waals surface area contributed by atoms with E-state index >= 15 is 0 Å². The van der Waals surface area contributed by atoms with Gasteiger partial charge in [-0.2, -0.15) is 4.68 Å². The molecule has 1 amide bonds. The summed E-state index contributed by atoms with van der Waals surface area (Å²) in [5, 5.41) is 21.0. The van der Waals surface area contributed by atoms with E-state index in [1.807, 2.05) is 35.7 Å². The molecule has 0 saturated heterocycles. The molecule has 0 radical (unpaired) electrons. The number of unbranched alkanes of at least 4 members (excludes halogenated alkanes) is 2. The zero-order valence-electron chi connectivity index (χ0n) is 16.4. The number of nitrogens with zero attached hydrogens (tertiary/aromatic N) is 6. The lowest BCUT2D eigenvalue weighted by Crippen LogP contribution is -2.17. The first-order chi connectivity index (χ1) is 14.2. The maximum absolute atomic E-state index is 11.9. The number of carbonyl (C=O) groups excluding carboxylic acids is 1. The van der Waals surface area contributed by atoms with Gasteiger partial charge >= 0.3 is 0 Å². The number of amides is 1. The summed E-state index contributed by atoms with van der Waals surface area (Å²) in [5.74, 6) is 1.06. The van der Waals surface area contributed by atoms with Crippen molar-refractivity contribution in [1.82, 2.24) is 25.2 Å². The maximum Gasteiger partial charge on any atom is 0.226 e. The predicted octanol–water partition coefficient (Wildman–Crippen LogP) is 3.38. The number of aromatic nitrogens is 5. The minimum absolute atomic E-state index is 0.0150. The highest BCUT2D eigenvalue weighted by molar-refractivity contribution is 7.13. The Labute approximate surface area is 172 Å². The molecule has 1 N–H and O–H groups in total. The average molecular weight is 414 g/mol. The van der Waals surface area contributed by atoms with E-state index in [9.17, 15) is 4.79 Å². The molecule has 0 aliphatic heterocycles. The lowest BCUT2D eigenvalue weighted by atomic mass is 10.2. The predicted molar refractivity (Wildman–Crippen MR) is 111 cm³/mol. The lowest BCUT2D eigenvalue weighted by Gasteiger charge is -2.06. The van der Waals surface area contributed by atoms with Crippen LogP contribution in [0, 0.1) is 6.92 Å². The van der Waals surface area contributed by atoms with Gasteiger partial charge in [0, 0.05) is 17.4 Å². The van der Waals surface area contributed by atoms with Crippen LogP contribution < -0.4 is 5.32 Å². The van der Waals surface area contributed by atoms with E-state index in [0.29, 0.717) is 28.9 Å². The van der Waals surface area contributed by atoms with Crippen LogP contribution >= 0.6 is 11.3 Å². The number of hydrogen-bond donors (Lipinski definition) is 1. The molecule has 152 valence electrons. The fraction of sp³-hybridized carbons (Fsp3) is 0.368. The summed E-state index contributed by atoms with van der Waals surface area (Å²) in [6.07, 6.45) is 3.53. The maximum atomic E-state index is 11.9. The molecular weight excluding hydrogens is 390 g/mol. The number of aryl methyl sites for hydroxylation is 1. The van der Waals surface area contributed by atoms with Crippen molar-refractivity contribution in [1.29, 1.82) is 0 Å². The monoisotopic (exact) mass is 413 g/mol. The van der Waals surface area contributed by atoms with Crippen molar-refractivity contribution in [2.24, 2.45) is 5.16 Å². The van der Waals surface area contributed by atoms with Crippen LogP contribution in [-0.4, -0.2) is 36.9 Å². The Bertz CT molecular complexity index is 952. The quantitative estimate of drug-likeness (QED) is 0.249. The second-order valence-electron chi connectivity index (χ2n) is 6.34. The van der Waals surface area contributed by atoms with E-state index in [1.54, 1.807) is 6.92 Å². The van der Waals surface area contributed by atoms with E-state index in [1.165, 1.54) is 16.0 Å². The van der Waals surface area contributed by atoms with Gasteiger partial charge in [0.2, 0.25) is 11.7 Å². The summed E-state index contributed by atoms with van der Waals surface area (Å²) in [7, 11) is 0. The fourth-order valence-electron chi connectivity index (χ4n) is 2.54. The standard InChI is InChI=1S/C19H23N7O2S/c1-3-4-6-11-17(27)21-19-20-16(13-29-19)12-28-23-18(15-9-7-5-8-10-15)26-14(2)22-24-25-26/h5,7-10,13H,3-4,6,11-12H2,1-2H3,(H,20,21,27). The molecule has 1 aromatic carbocycles. The zero-order valence-corrected chi connectivity index (χ0v) is 17.2. The lowest BCUT2D eigenvalue weighted by molar-refractivity contribution is -0.116. The summed E-state index contributed by atoms with van der Waals surface area (Å²) >= 11 is 1.36. The van der Waals surface area contributed by atoms with Gasteiger partial charge in [0.05, 0.1) is 5.69 Å². The summed E-state index contributed by atoms with van der Waals surface area (Å²) < 4.78 is 1.51. The van der Waals surface area contributed by atoms with Crippen molar-refractivity contribution < 1.29 is 9.63 Å². The SMILES string of the molecule is CCCCCC(=O)Nc1nc(CON=C(c2ccccc2)n2nnnc2C)cs1. The first-order valence-electron chi connectivity index (χ1n) is 9.42. The molecule has 0 fully saturated rings. The molecule has 3 aromatic rings. The van der Waals surface area contributed by atoms with Gasteiger partial charge in [0.25, 0.3) is 0 Å². The van der Waals surface area contributed by atoms with Crippen LogP contribution in [0.4, 0.5) is 5.13 Å². The molecule has 0 aliphatic rings. The van der Waals surface area contributed by atoms with E-state index in [2.05, 4.69) is 37.9 Å².